The number of alkyl halides is 2. The Balaban J connectivity index is 3.17. The molecule has 1 heterocycles. The van der Waals surface area contributed by atoms with E-state index in [1.54, 1.807) is 0 Å². The first-order valence-electron chi connectivity index (χ1n) is 4.57. The minimum absolute atomic E-state index is 0.0922. The van der Waals surface area contributed by atoms with Crippen LogP contribution in [0, 0.1) is 0 Å². The third-order valence-corrected chi connectivity index (χ3v) is 2.07. The molecule has 16 heavy (non-hydrogen) atoms. The molecule has 5 heteroatoms. The number of carbonyl (C=O) groups excluding carboxylic acids is 1. The molecule has 1 rings (SSSR count). The molecule has 0 fully saturated rings. The normalized spacial score (nSPS) is 17.5. The highest BCUT2D eigenvalue weighted by atomic mass is 19.3. The molecule has 0 atom stereocenters. The Bertz CT molecular complexity index is 403. The Morgan fingerprint density at radius 2 is 2.12 bits per heavy atom. The van der Waals surface area contributed by atoms with E-state index in [1.165, 1.54) is 24.4 Å². The maximum atomic E-state index is 13.1. The highest BCUT2D eigenvalue weighted by molar-refractivity contribution is 5.82. The molecule has 1 aliphatic rings. The number of allylic oxidation sites excluding steroid dienone is 4. The number of aliphatic imine (C=N–C) groups is 1. The zero-order valence-corrected chi connectivity index (χ0v) is 9.08. The molecule has 1 aliphatic heterocycles. The van der Waals surface area contributed by atoms with E-state index in [1.807, 2.05) is 0 Å². The van der Waals surface area contributed by atoms with Crippen molar-refractivity contribution >= 4 is 12.6 Å². The van der Waals surface area contributed by atoms with Gasteiger partial charge in [0.25, 0.3) is 5.92 Å². The molecule has 0 spiro atoms. The lowest BCUT2D eigenvalue weighted by Crippen LogP contribution is -2.26. The van der Waals surface area contributed by atoms with Gasteiger partial charge in [0.15, 0.2) is 6.29 Å². The van der Waals surface area contributed by atoms with Gasteiger partial charge in [0, 0.05) is 25.2 Å². The topological polar surface area (TPSA) is 32.7 Å². The van der Waals surface area contributed by atoms with E-state index >= 15 is 0 Å². The predicted molar refractivity (Wildman–Crippen MR) is 58.2 cm³/mol. The van der Waals surface area contributed by atoms with Crippen LogP contribution >= 0.6 is 0 Å². The van der Waals surface area contributed by atoms with Crippen LogP contribution in [-0.4, -0.2) is 30.5 Å². The summed E-state index contributed by atoms with van der Waals surface area (Å²) in [4.78, 5) is 15.8. The minimum atomic E-state index is -2.99. The fourth-order valence-corrected chi connectivity index (χ4v) is 1.29. The molecule has 0 unspecified atom stereocenters. The van der Waals surface area contributed by atoms with Crippen LogP contribution in [0.3, 0.4) is 0 Å². The summed E-state index contributed by atoms with van der Waals surface area (Å²) in [6.45, 7) is 4.37. The van der Waals surface area contributed by atoms with Crippen LogP contribution in [0.2, 0.25) is 0 Å². The van der Waals surface area contributed by atoms with E-state index in [-0.39, 0.29) is 17.0 Å². The fraction of sp³-hybridized carbons (Fsp3) is 0.273. The van der Waals surface area contributed by atoms with Gasteiger partial charge < -0.3 is 0 Å². The van der Waals surface area contributed by atoms with Crippen LogP contribution in [0.25, 0.3) is 0 Å². The third-order valence-electron chi connectivity index (χ3n) is 2.07. The molecule has 0 aliphatic carbocycles. The van der Waals surface area contributed by atoms with E-state index < -0.39 is 5.92 Å². The zero-order chi connectivity index (χ0) is 12.3. The van der Waals surface area contributed by atoms with Crippen molar-refractivity contribution in [2.75, 3.05) is 7.05 Å². The first-order chi connectivity index (χ1) is 7.40. The van der Waals surface area contributed by atoms with Crippen LogP contribution in [0.15, 0.2) is 40.7 Å². The third kappa shape index (κ3) is 2.42. The molecule has 0 aromatic rings. The van der Waals surface area contributed by atoms with Crippen molar-refractivity contribution in [3.8, 4) is 0 Å². The van der Waals surface area contributed by atoms with Crippen LogP contribution in [0.1, 0.15) is 6.92 Å². The summed E-state index contributed by atoms with van der Waals surface area (Å²) in [5.74, 6) is -2.99. The summed E-state index contributed by atoms with van der Waals surface area (Å²) in [5, 5.41) is 0. The van der Waals surface area contributed by atoms with E-state index in [0.717, 1.165) is 13.0 Å². The standard InChI is InChI=1S/C11H12F2N2O/c1-8-4-9(11(2,12)13)5-10(6-16)15(8)7-14-3/h4-7H,1H2,2-3H3. The summed E-state index contributed by atoms with van der Waals surface area (Å²) in [6.07, 6.45) is 4.20. The van der Waals surface area contributed by atoms with Crippen molar-refractivity contribution in [2.45, 2.75) is 12.8 Å². The molecule has 0 N–H and O–H groups in total. The Kier molecular flexibility index (Phi) is 3.37. The fourth-order valence-electron chi connectivity index (χ4n) is 1.29. The second-order valence-corrected chi connectivity index (χ2v) is 3.41. The average Bonchev–Trinajstić information content (AvgIpc) is 2.19. The van der Waals surface area contributed by atoms with Crippen LogP contribution in [-0.2, 0) is 4.79 Å². The van der Waals surface area contributed by atoms with Crippen LogP contribution in [0.4, 0.5) is 8.78 Å². The molecular weight excluding hydrogens is 214 g/mol. The van der Waals surface area contributed by atoms with Crippen molar-refractivity contribution in [1.82, 2.24) is 4.90 Å². The van der Waals surface area contributed by atoms with Crippen molar-refractivity contribution in [3.63, 3.8) is 0 Å². The maximum Gasteiger partial charge on any atom is 0.270 e. The monoisotopic (exact) mass is 226 g/mol. The Hall–Kier alpha value is -1.78. The summed E-state index contributed by atoms with van der Waals surface area (Å²) >= 11 is 0. The van der Waals surface area contributed by atoms with Gasteiger partial charge in [-0.1, -0.05) is 6.58 Å². The van der Waals surface area contributed by atoms with Gasteiger partial charge in [0.1, 0.15) is 0 Å². The number of rotatable bonds is 3. The average molecular weight is 226 g/mol. The zero-order valence-electron chi connectivity index (χ0n) is 9.08. The number of halogens is 2. The lowest BCUT2D eigenvalue weighted by atomic mass is 10.0. The highest BCUT2D eigenvalue weighted by Crippen LogP contribution is 2.30. The molecule has 3 nitrogen and oxygen atoms in total. The summed E-state index contributed by atoms with van der Waals surface area (Å²) < 4.78 is 26.2. The number of nitrogens with zero attached hydrogens (tertiary/aromatic N) is 2. The molecule has 0 aromatic heterocycles. The van der Waals surface area contributed by atoms with Crippen molar-refractivity contribution in [3.05, 3.63) is 35.7 Å². The molecular formula is C11H12F2N2O. The van der Waals surface area contributed by atoms with Gasteiger partial charge in [-0.05, 0) is 12.2 Å². The van der Waals surface area contributed by atoms with Gasteiger partial charge in [0.05, 0.1) is 12.0 Å². The Morgan fingerprint density at radius 1 is 1.50 bits per heavy atom. The number of hydrogen-bond donors (Lipinski definition) is 0. The van der Waals surface area contributed by atoms with Gasteiger partial charge in [-0.15, -0.1) is 0 Å². The van der Waals surface area contributed by atoms with E-state index in [0.29, 0.717) is 6.29 Å². The number of aldehydes is 1. The number of hydrogen-bond acceptors (Lipinski definition) is 2. The lowest BCUT2D eigenvalue weighted by Gasteiger charge is -2.26. The van der Waals surface area contributed by atoms with Crippen LogP contribution in [0.5, 0.6) is 0 Å². The molecule has 0 saturated heterocycles. The molecule has 0 saturated carbocycles. The van der Waals surface area contributed by atoms with Crippen molar-refractivity contribution in [2.24, 2.45) is 4.99 Å². The second kappa shape index (κ2) is 4.38. The SMILES string of the molecule is C=C1C=C(C(C)(F)F)C=C(C=O)N1C=NC. The van der Waals surface area contributed by atoms with Crippen molar-refractivity contribution in [1.29, 1.82) is 0 Å². The van der Waals surface area contributed by atoms with E-state index in [2.05, 4.69) is 11.6 Å². The Labute approximate surface area is 92.5 Å². The van der Waals surface area contributed by atoms with Gasteiger partial charge in [-0.2, -0.15) is 0 Å². The lowest BCUT2D eigenvalue weighted by molar-refractivity contribution is -0.105. The summed E-state index contributed by atoms with van der Waals surface area (Å²) in [5.41, 5.74) is 0.140. The van der Waals surface area contributed by atoms with Crippen molar-refractivity contribution < 1.29 is 13.6 Å². The minimum Gasteiger partial charge on any atom is -0.299 e. The van der Waals surface area contributed by atoms with Crippen LogP contribution < -0.4 is 0 Å². The van der Waals surface area contributed by atoms with E-state index in [9.17, 15) is 13.6 Å². The highest BCUT2D eigenvalue weighted by Gasteiger charge is 2.30. The summed E-state index contributed by atoms with van der Waals surface area (Å²) in [6, 6.07) is 0. The number of carbonyl (C=O) groups is 1. The molecule has 0 aromatic carbocycles. The quantitative estimate of drug-likeness (QED) is 0.419. The Morgan fingerprint density at radius 3 is 2.56 bits per heavy atom. The second-order valence-electron chi connectivity index (χ2n) is 3.41. The first kappa shape index (κ1) is 12.3. The molecule has 0 amide bonds. The smallest absolute Gasteiger partial charge is 0.270 e. The molecule has 0 bridgehead atoms. The van der Waals surface area contributed by atoms with Gasteiger partial charge in [-0.25, -0.2) is 8.78 Å². The van der Waals surface area contributed by atoms with Gasteiger partial charge in [0.2, 0.25) is 0 Å². The van der Waals surface area contributed by atoms with Gasteiger partial charge >= 0.3 is 0 Å². The predicted octanol–water partition coefficient (Wildman–Crippen LogP) is 2.14. The molecule has 86 valence electrons. The molecule has 0 radical (unpaired) electrons. The largest absolute Gasteiger partial charge is 0.299 e. The van der Waals surface area contributed by atoms with Gasteiger partial charge in [-0.3, -0.25) is 14.7 Å². The van der Waals surface area contributed by atoms with E-state index in [4.69, 9.17) is 0 Å². The maximum absolute atomic E-state index is 13.1. The first-order valence-corrected chi connectivity index (χ1v) is 4.57. The summed E-state index contributed by atoms with van der Waals surface area (Å²) in [7, 11) is 1.52.